The molecule has 0 saturated heterocycles. The topological polar surface area (TPSA) is 66.4 Å². The minimum Gasteiger partial charge on any atom is -0.481 e. The van der Waals surface area contributed by atoms with Crippen molar-refractivity contribution in [1.82, 2.24) is 5.32 Å². The Labute approximate surface area is 105 Å². The summed E-state index contributed by atoms with van der Waals surface area (Å²) in [5.41, 5.74) is 0. The van der Waals surface area contributed by atoms with Crippen molar-refractivity contribution >= 4 is 23.6 Å². The number of carbonyl (C=O) groups is 2. The van der Waals surface area contributed by atoms with Gasteiger partial charge >= 0.3 is 5.97 Å². The summed E-state index contributed by atoms with van der Waals surface area (Å²) in [6.45, 7) is 0.615. The van der Waals surface area contributed by atoms with Crippen LogP contribution in [0.15, 0.2) is 12.2 Å². The molecule has 1 saturated carbocycles. The highest BCUT2D eigenvalue weighted by Gasteiger charge is 2.51. The Hall–Kier alpha value is -0.970. The van der Waals surface area contributed by atoms with E-state index >= 15 is 0 Å². The Morgan fingerprint density at radius 3 is 2.59 bits per heavy atom. The highest BCUT2D eigenvalue weighted by atomic mass is 32.2. The number of carboxylic acids is 1. The van der Waals surface area contributed by atoms with E-state index in [-0.39, 0.29) is 23.7 Å². The second-order valence-corrected chi connectivity index (χ2v) is 5.61. The van der Waals surface area contributed by atoms with Gasteiger partial charge in [0.05, 0.1) is 11.8 Å². The Bertz CT molecular complexity index is 356. The smallest absolute Gasteiger partial charge is 0.307 e. The molecule has 4 atom stereocenters. The zero-order valence-corrected chi connectivity index (χ0v) is 10.6. The Morgan fingerprint density at radius 1 is 1.35 bits per heavy atom. The van der Waals surface area contributed by atoms with E-state index in [4.69, 9.17) is 0 Å². The zero-order valence-electron chi connectivity index (χ0n) is 9.76. The van der Waals surface area contributed by atoms with Crippen molar-refractivity contribution in [3.05, 3.63) is 12.2 Å². The molecule has 0 spiro atoms. The van der Waals surface area contributed by atoms with Gasteiger partial charge in [0.1, 0.15) is 0 Å². The van der Waals surface area contributed by atoms with Crippen molar-refractivity contribution in [1.29, 1.82) is 0 Å². The minimum atomic E-state index is -0.841. The summed E-state index contributed by atoms with van der Waals surface area (Å²) in [6, 6.07) is 0. The van der Waals surface area contributed by atoms with Crippen LogP contribution in [0.1, 0.15) is 6.42 Å². The predicted octanol–water partition coefficient (Wildman–Crippen LogP) is 0.988. The molecule has 0 aromatic heterocycles. The molecule has 2 rings (SSSR count). The van der Waals surface area contributed by atoms with E-state index in [9.17, 15) is 14.7 Å². The van der Waals surface area contributed by atoms with Gasteiger partial charge in [-0.05, 0) is 24.5 Å². The number of rotatable bonds is 5. The fourth-order valence-electron chi connectivity index (χ4n) is 2.91. The second-order valence-electron chi connectivity index (χ2n) is 4.62. The van der Waals surface area contributed by atoms with Crippen LogP contribution >= 0.6 is 11.8 Å². The van der Waals surface area contributed by atoms with Gasteiger partial charge in [0.2, 0.25) is 5.91 Å². The van der Waals surface area contributed by atoms with Gasteiger partial charge < -0.3 is 10.4 Å². The lowest BCUT2D eigenvalue weighted by Gasteiger charge is -2.23. The van der Waals surface area contributed by atoms with Gasteiger partial charge in [-0.15, -0.1) is 0 Å². The van der Waals surface area contributed by atoms with E-state index in [1.807, 2.05) is 18.4 Å². The van der Waals surface area contributed by atoms with E-state index in [1.165, 1.54) is 0 Å². The third-order valence-corrected chi connectivity index (χ3v) is 4.26. The van der Waals surface area contributed by atoms with Crippen LogP contribution in [0.4, 0.5) is 0 Å². The van der Waals surface area contributed by atoms with Gasteiger partial charge in [-0.3, -0.25) is 9.59 Å². The molecule has 2 N–H and O–H groups in total. The molecule has 0 aromatic rings. The highest BCUT2D eigenvalue weighted by molar-refractivity contribution is 7.98. The standard InChI is InChI=1S/C12H17NO3S/c1-17-5-4-13-11(14)9-7-2-3-8(6-7)10(9)12(15)16/h2-3,7-10H,4-6H2,1H3,(H,13,14)(H,15,16). The van der Waals surface area contributed by atoms with Gasteiger partial charge in [-0.25, -0.2) is 0 Å². The van der Waals surface area contributed by atoms with Crippen molar-refractivity contribution in [2.24, 2.45) is 23.7 Å². The number of hydrogen-bond acceptors (Lipinski definition) is 3. The molecule has 1 fully saturated rings. The number of thioether (sulfide) groups is 1. The molecule has 17 heavy (non-hydrogen) atoms. The summed E-state index contributed by atoms with van der Waals surface area (Å²) in [7, 11) is 0. The number of aliphatic carboxylic acids is 1. The van der Waals surface area contributed by atoms with Crippen LogP contribution in [0.5, 0.6) is 0 Å². The predicted molar refractivity (Wildman–Crippen MR) is 66.7 cm³/mol. The number of carboxylic acid groups (broad SMARTS) is 1. The van der Waals surface area contributed by atoms with Crippen LogP contribution in [0.25, 0.3) is 0 Å². The molecule has 5 heteroatoms. The number of hydrogen-bond donors (Lipinski definition) is 2. The van der Waals surface area contributed by atoms with Crippen LogP contribution in [-0.4, -0.2) is 35.5 Å². The van der Waals surface area contributed by atoms with Gasteiger partial charge in [0.15, 0.2) is 0 Å². The van der Waals surface area contributed by atoms with Gasteiger partial charge in [-0.2, -0.15) is 11.8 Å². The molecule has 2 aliphatic carbocycles. The summed E-state index contributed by atoms with van der Waals surface area (Å²) in [4.78, 5) is 23.2. The first-order valence-electron chi connectivity index (χ1n) is 5.83. The normalized spacial score (nSPS) is 33.9. The third kappa shape index (κ3) is 2.34. The minimum absolute atomic E-state index is 0.0498. The second kappa shape index (κ2) is 5.12. The molecule has 94 valence electrons. The number of carbonyl (C=O) groups excluding carboxylic acids is 1. The van der Waals surface area contributed by atoms with E-state index in [2.05, 4.69) is 5.32 Å². The molecular weight excluding hydrogens is 238 g/mol. The first kappa shape index (κ1) is 12.5. The SMILES string of the molecule is CSCCNC(=O)C1C2C=CC(C2)C1C(=O)O. The van der Waals surface area contributed by atoms with Crippen LogP contribution in [-0.2, 0) is 9.59 Å². The zero-order chi connectivity index (χ0) is 12.4. The van der Waals surface area contributed by atoms with Crippen molar-refractivity contribution in [3.63, 3.8) is 0 Å². The lowest BCUT2D eigenvalue weighted by molar-refractivity contribution is -0.147. The average Bonchev–Trinajstić information content (AvgIpc) is 2.88. The van der Waals surface area contributed by atoms with Crippen LogP contribution in [0.2, 0.25) is 0 Å². The summed E-state index contributed by atoms with van der Waals surface area (Å²) in [6.07, 6.45) is 6.75. The first-order chi connectivity index (χ1) is 8.15. The third-order valence-electron chi connectivity index (χ3n) is 3.65. The summed E-state index contributed by atoms with van der Waals surface area (Å²) >= 11 is 1.66. The molecule has 2 aliphatic rings. The molecule has 2 bridgehead atoms. The van der Waals surface area contributed by atoms with E-state index < -0.39 is 11.9 Å². The monoisotopic (exact) mass is 255 g/mol. The Kier molecular flexibility index (Phi) is 3.76. The fourth-order valence-corrected chi connectivity index (χ4v) is 3.22. The number of fused-ring (bicyclic) bond motifs is 2. The Balaban J connectivity index is 2.01. The molecule has 1 amide bonds. The van der Waals surface area contributed by atoms with E-state index in [1.54, 1.807) is 11.8 Å². The summed E-state index contributed by atoms with van der Waals surface area (Å²) < 4.78 is 0. The molecular formula is C12H17NO3S. The largest absolute Gasteiger partial charge is 0.481 e. The van der Waals surface area contributed by atoms with Gasteiger partial charge in [-0.1, -0.05) is 12.2 Å². The molecule has 4 unspecified atom stereocenters. The number of allylic oxidation sites excluding steroid dienone is 2. The quantitative estimate of drug-likeness (QED) is 0.568. The first-order valence-corrected chi connectivity index (χ1v) is 7.22. The van der Waals surface area contributed by atoms with E-state index in [0.29, 0.717) is 6.54 Å². The van der Waals surface area contributed by atoms with Gasteiger partial charge in [0, 0.05) is 12.3 Å². The molecule has 0 aliphatic heterocycles. The molecule has 4 nitrogen and oxygen atoms in total. The Morgan fingerprint density at radius 2 is 2.00 bits per heavy atom. The van der Waals surface area contributed by atoms with Crippen molar-refractivity contribution in [2.75, 3.05) is 18.6 Å². The lowest BCUT2D eigenvalue weighted by Crippen LogP contribution is -2.40. The fraction of sp³-hybridized carbons (Fsp3) is 0.667. The summed E-state index contributed by atoms with van der Waals surface area (Å²) in [5, 5.41) is 12.0. The molecule has 0 radical (unpaired) electrons. The highest BCUT2D eigenvalue weighted by Crippen LogP contribution is 2.48. The maximum atomic E-state index is 12.0. The lowest BCUT2D eigenvalue weighted by atomic mass is 9.82. The summed E-state index contributed by atoms with van der Waals surface area (Å²) in [5.74, 6) is -0.803. The number of amides is 1. The molecule has 0 aromatic carbocycles. The van der Waals surface area contributed by atoms with Crippen molar-refractivity contribution < 1.29 is 14.7 Å². The van der Waals surface area contributed by atoms with Gasteiger partial charge in [0.25, 0.3) is 0 Å². The maximum Gasteiger partial charge on any atom is 0.307 e. The maximum absolute atomic E-state index is 12.0. The van der Waals surface area contributed by atoms with Crippen LogP contribution in [0.3, 0.4) is 0 Å². The van der Waals surface area contributed by atoms with Crippen molar-refractivity contribution in [3.8, 4) is 0 Å². The molecule has 0 heterocycles. The van der Waals surface area contributed by atoms with E-state index in [0.717, 1.165) is 12.2 Å². The van der Waals surface area contributed by atoms with Crippen LogP contribution in [0, 0.1) is 23.7 Å². The van der Waals surface area contributed by atoms with Crippen LogP contribution < -0.4 is 5.32 Å². The van der Waals surface area contributed by atoms with Crippen molar-refractivity contribution in [2.45, 2.75) is 6.42 Å². The average molecular weight is 255 g/mol. The number of nitrogens with one attached hydrogen (secondary N) is 1.